The maximum atomic E-state index is 11.4. The van der Waals surface area contributed by atoms with Crippen molar-refractivity contribution in [1.82, 2.24) is 20.2 Å². The van der Waals surface area contributed by atoms with Gasteiger partial charge in [-0.3, -0.25) is 4.79 Å². The molecule has 0 aliphatic carbocycles. The van der Waals surface area contributed by atoms with E-state index in [1.165, 1.54) is 11.1 Å². The van der Waals surface area contributed by atoms with E-state index in [0.29, 0.717) is 18.9 Å². The molecule has 32 heavy (non-hydrogen) atoms. The number of carbonyl (C=O) groups excluding carboxylic acids is 1. The first-order valence-corrected chi connectivity index (χ1v) is 11.0. The number of nitrogens with one attached hydrogen (secondary N) is 3. The van der Waals surface area contributed by atoms with Crippen molar-refractivity contribution in [2.24, 2.45) is 0 Å². The normalized spacial score (nSPS) is 18.3. The number of likely N-dealkylation sites (N-methyl/N-ethyl adjacent to an activating group) is 1. The van der Waals surface area contributed by atoms with E-state index in [4.69, 9.17) is 9.72 Å². The number of nitrogens with zero attached hydrogens (tertiary/aromatic N) is 3. The number of ether oxygens (including phenoxy) is 1. The Balaban J connectivity index is 1.36. The molecular formula is C24H28N6O2. The number of benzene rings is 2. The number of anilines is 3. The molecule has 1 atom stereocenters. The Morgan fingerprint density at radius 3 is 2.94 bits per heavy atom. The predicted octanol–water partition coefficient (Wildman–Crippen LogP) is 3.06. The van der Waals surface area contributed by atoms with Crippen LogP contribution in [0.4, 0.5) is 17.3 Å². The standard InChI is InChI=1S/C24H28N6O2/c1-30-8-7-15-10-22(32-2)21(9-17(15)14-30)29-24-26-12-16-3-4-18(11-20(16)28-24)25-13-19-5-6-23(31)27-19/h3-4,9-12,19,25H,5-8,13-14H2,1-2H3,(H,27,31)(H,26,28,29)/t19-/m0/s1. The smallest absolute Gasteiger partial charge is 0.227 e. The van der Waals surface area contributed by atoms with Crippen LogP contribution in [0.25, 0.3) is 10.9 Å². The van der Waals surface area contributed by atoms with E-state index in [-0.39, 0.29) is 11.9 Å². The summed E-state index contributed by atoms with van der Waals surface area (Å²) < 4.78 is 5.63. The van der Waals surface area contributed by atoms with Gasteiger partial charge in [-0.05, 0) is 61.3 Å². The van der Waals surface area contributed by atoms with Gasteiger partial charge in [-0.1, -0.05) is 0 Å². The van der Waals surface area contributed by atoms with E-state index < -0.39 is 0 Å². The molecule has 5 rings (SSSR count). The second-order valence-electron chi connectivity index (χ2n) is 8.59. The van der Waals surface area contributed by atoms with Crippen LogP contribution in [0.15, 0.2) is 36.5 Å². The number of aromatic nitrogens is 2. The minimum Gasteiger partial charge on any atom is -0.495 e. The lowest BCUT2D eigenvalue weighted by Gasteiger charge is -2.26. The maximum Gasteiger partial charge on any atom is 0.227 e. The monoisotopic (exact) mass is 432 g/mol. The molecular weight excluding hydrogens is 404 g/mol. The van der Waals surface area contributed by atoms with Gasteiger partial charge in [-0.15, -0.1) is 0 Å². The average molecular weight is 433 g/mol. The summed E-state index contributed by atoms with van der Waals surface area (Å²) in [5.74, 6) is 1.45. The molecule has 2 aliphatic rings. The van der Waals surface area contributed by atoms with Crippen LogP contribution < -0.4 is 20.7 Å². The lowest BCUT2D eigenvalue weighted by atomic mass is 9.99. The van der Waals surface area contributed by atoms with Gasteiger partial charge in [-0.2, -0.15) is 0 Å². The first-order valence-electron chi connectivity index (χ1n) is 11.0. The quantitative estimate of drug-likeness (QED) is 0.551. The number of rotatable bonds is 6. The van der Waals surface area contributed by atoms with Gasteiger partial charge in [0.2, 0.25) is 11.9 Å². The Morgan fingerprint density at radius 2 is 2.12 bits per heavy atom. The average Bonchev–Trinajstić information content (AvgIpc) is 3.22. The van der Waals surface area contributed by atoms with Gasteiger partial charge >= 0.3 is 0 Å². The van der Waals surface area contributed by atoms with Gasteiger partial charge < -0.3 is 25.6 Å². The summed E-state index contributed by atoms with van der Waals surface area (Å²) in [5.41, 5.74) is 5.32. The van der Waals surface area contributed by atoms with Crippen molar-refractivity contribution < 1.29 is 9.53 Å². The van der Waals surface area contributed by atoms with Crippen molar-refractivity contribution >= 4 is 34.1 Å². The molecule has 2 aliphatic heterocycles. The van der Waals surface area contributed by atoms with Crippen LogP contribution in [-0.2, 0) is 17.8 Å². The Labute approximate surface area is 187 Å². The molecule has 166 valence electrons. The summed E-state index contributed by atoms with van der Waals surface area (Å²) in [7, 11) is 3.83. The lowest BCUT2D eigenvalue weighted by Crippen LogP contribution is -2.31. The van der Waals surface area contributed by atoms with Crippen LogP contribution in [0, 0.1) is 0 Å². The van der Waals surface area contributed by atoms with Crippen molar-refractivity contribution in [3.05, 3.63) is 47.7 Å². The van der Waals surface area contributed by atoms with Crippen LogP contribution in [-0.4, -0.2) is 54.1 Å². The SMILES string of the molecule is COc1cc2c(cc1Nc1ncc3ccc(NC[C@@H]4CCC(=O)N4)cc3n1)CN(C)CC2. The third-order valence-electron chi connectivity index (χ3n) is 6.19. The largest absolute Gasteiger partial charge is 0.495 e. The summed E-state index contributed by atoms with van der Waals surface area (Å²) in [4.78, 5) is 22.9. The molecule has 0 bridgehead atoms. The molecule has 0 radical (unpaired) electrons. The van der Waals surface area contributed by atoms with E-state index in [9.17, 15) is 4.79 Å². The van der Waals surface area contributed by atoms with E-state index >= 15 is 0 Å². The first kappa shape index (κ1) is 20.5. The topological polar surface area (TPSA) is 91.4 Å². The Hall–Kier alpha value is -3.39. The number of carbonyl (C=O) groups is 1. The van der Waals surface area contributed by atoms with Gasteiger partial charge in [0.25, 0.3) is 0 Å². The third kappa shape index (κ3) is 4.31. The fourth-order valence-corrected chi connectivity index (χ4v) is 4.38. The van der Waals surface area contributed by atoms with E-state index in [0.717, 1.165) is 54.0 Å². The maximum absolute atomic E-state index is 11.4. The highest BCUT2D eigenvalue weighted by atomic mass is 16.5. The van der Waals surface area contributed by atoms with Crippen molar-refractivity contribution in [3.63, 3.8) is 0 Å². The van der Waals surface area contributed by atoms with E-state index in [1.807, 2.05) is 24.4 Å². The molecule has 1 aromatic heterocycles. The van der Waals surface area contributed by atoms with Gasteiger partial charge in [0.1, 0.15) is 5.75 Å². The molecule has 0 saturated carbocycles. The highest BCUT2D eigenvalue weighted by molar-refractivity contribution is 5.83. The number of hydrogen-bond donors (Lipinski definition) is 3. The van der Waals surface area contributed by atoms with Gasteiger partial charge in [-0.25, -0.2) is 9.97 Å². The summed E-state index contributed by atoms with van der Waals surface area (Å²) in [5, 5.41) is 10.7. The second kappa shape index (κ2) is 8.63. The number of fused-ring (bicyclic) bond motifs is 2. The Morgan fingerprint density at radius 1 is 1.22 bits per heavy atom. The molecule has 0 unspecified atom stereocenters. The third-order valence-corrected chi connectivity index (χ3v) is 6.19. The van der Waals surface area contributed by atoms with Crippen molar-refractivity contribution in [2.45, 2.75) is 31.8 Å². The fourth-order valence-electron chi connectivity index (χ4n) is 4.38. The molecule has 3 aromatic rings. The molecule has 1 fully saturated rings. The summed E-state index contributed by atoms with van der Waals surface area (Å²) >= 11 is 0. The minimum atomic E-state index is 0.128. The summed E-state index contributed by atoms with van der Waals surface area (Å²) in [6.07, 6.45) is 4.32. The zero-order valence-corrected chi connectivity index (χ0v) is 18.4. The number of amides is 1. The molecule has 8 heteroatoms. The predicted molar refractivity (Wildman–Crippen MR) is 126 cm³/mol. The van der Waals surface area contributed by atoms with Crippen LogP contribution in [0.2, 0.25) is 0 Å². The Bertz CT molecular complexity index is 1160. The molecule has 1 saturated heterocycles. The first-order chi connectivity index (χ1) is 15.6. The van der Waals surface area contributed by atoms with Crippen LogP contribution in [0.3, 0.4) is 0 Å². The van der Waals surface area contributed by atoms with Crippen molar-refractivity contribution in [3.8, 4) is 5.75 Å². The zero-order valence-electron chi connectivity index (χ0n) is 18.4. The van der Waals surface area contributed by atoms with Crippen molar-refractivity contribution in [2.75, 3.05) is 37.9 Å². The summed E-state index contributed by atoms with van der Waals surface area (Å²) in [6.45, 7) is 2.68. The van der Waals surface area contributed by atoms with Gasteiger partial charge in [0.05, 0.1) is 18.3 Å². The van der Waals surface area contributed by atoms with Crippen LogP contribution in [0.5, 0.6) is 5.75 Å². The number of hydrogen-bond acceptors (Lipinski definition) is 7. The highest BCUT2D eigenvalue weighted by Gasteiger charge is 2.20. The molecule has 2 aromatic carbocycles. The second-order valence-corrected chi connectivity index (χ2v) is 8.59. The van der Waals surface area contributed by atoms with Crippen LogP contribution >= 0.6 is 0 Å². The minimum absolute atomic E-state index is 0.128. The van der Waals surface area contributed by atoms with E-state index in [2.05, 4.69) is 45.0 Å². The zero-order chi connectivity index (χ0) is 22.1. The fraction of sp³-hybridized carbons (Fsp3) is 0.375. The highest BCUT2D eigenvalue weighted by Crippen LogP contribution is 2.33. The van der Waals surface area contributed by atoms with Gasteiger partial charge in [0, 0.05) is 49.4 Å². The Kier molecular flexibility index (Phi) is 5.53. The molecule has 8 nitrogen and oxygen atoms in total. The van der Waals surface area contributed by atoms with E-state index in [1.54, 1.807) is 7.11 Å². The molecule has 3 N–H and O–H groups in total. The number of methoxy groups -OCH3 is 1. The molecule has 3 heterocycles. The summed E-state index contributed by atoms with van der Waals surface area (Å²) in [6, 6.07) is 10.5. The lowest BCUT2D eigenvalue weighted by molar-refractivity contribution is -0.119. The molecule has 0 spiro atoms. The van der Waals surface area contributed by atoms with Crippen LogP contribution in [0.1, 0.15) is 24.0 Å². The van der Waals surface area contributed by atoms with Crippen molar-refractivity contribution in [1.29, 1.82) is 0 Å². The molecule has 1 amide bonds. The van der Waals surface area contributed by atoms with Gasteiger partial charge in [0.15, 0.2) is 0 Å².